The van der Waals surface area contributed by atoms with Crippen LogP contribution in [0.2, 0.25) is 0 Å². The molecule has 1 aliphatic rings. The molecule has 0 bridgehead atoms. The van der Waals surface area contributed by atoms with Gasteiger partial charge in [0.1, 0.15) is 6.10 Å². The Balaban J connectivity index is 2.88. The van der Waals surface area contributed by atoms with Gasteiger partial charge < -0.3 is 9.47 Å². The molecule has 4 heteroatoms. The highest BCUT2D eigenvalue weighted by Gasteiger charge is 2.54. The van der Waals surface area contributed by atoms with Crippen LogP contribution in [-0.4, -0.2) is 24.6 Å². The Morgan fingerprint density at radius 2 is 2.27 bits per heavy atom. The molecule has 2 atom stereocenters. The van der Waals surface area contributed by atoms with Crippen molar-refractivity contribution in [2.45, 2.75) is 46.1 Å². The molecule has 4 nitrogen and oxygen atoms in total. The van der Waals surface area contributed by atoms with Crippen LogP contribution in [0.1, 0.15) is 40.0 Å². The van der Waals surface area contributed by atoms with Gasteiger partial charge in [0.05, 0.1) is 6.61 Å². The van der Waals surface area contributed by atoms with Gasteiger partial charge in [0.2, 0.25) is 0 Å². The smallest absolute Gasteiger partial charge is 0.323 e. The summed E-state index contributed by atoms with van der Waals surface area (Å²) in [7, 11) is 0. The fraction of sp³-hybridized carbons (Fsp3) is 0.818. The molecule has 1 aliphatic heterocycles. The molecule has 0 aromatic heterocycles. The lowest BCUT2D eigenvalue weighted by Gasteiger charge is -2.21. The number of esters is 2. The van der Waals surface area contributed by atoms with Crippen molar-refractivity contribution < 1.29 is 19.1 Å². The zero-order valence-corrected chi connectivity index (χ0v) is 9.54. The number of hydrogen-bond donors (Lipinski definition) is 0. The summed E-state index contributed by atoms with van der Waals surface area (Å²) in [6.45, 7) is 5.78. The fourth-order valence-corrected chi connectivity index (χ4v) is 2.08. The second-order valence-electron chi connectivity index (χ2n) is 3.97. The van der Waals surface area contributed by atoms with Gasteiger partial charge in [-0.05, 0) is 20.3 Å². The van der Waals surface area contributed by atoms with Crippen molar-refractivity contribution in [1.82, 2.24) is 0 Å². The first-order chi connectivity index (χ1) is 7.06. The zero-order valence-electron chi connectivity index (χ0n) is 9.54. The van der Waals surface area contributed by atoms with Gasteiger partial charge in [-0.2, -0.15) is 0 Å². The maximum atomic E-state index is 11.8. The molecular weight excluding hydrogens is 196 g/mol. The van der Waals surface area contributed by atoms with Crippen LogP contribution in [-0.2, 0) is 19.1 Å². The van der Waals surface area contributed by atoms with E-state index in [4.69, 9.17) is 9.47 Å². The van der Waals surface area contributed by atoms with Gasteiger partial charge in [0, 0.05) is 6.42 Å². The van der Waals surface area contributed by atoms with Gasteiger partial charge in [0.15, 0.2) is 5.41 Å². The second-order valence-corrected chi connectivity index (χ2v) is 3.97. The summed E-state index contributed by atoms with van der Waals surface area (Å²) in [4.78, 5) is 23.5. The minimum Gasteiger partial charge on any atom is -0.465 e. The Bertz CT molecular complexity index is 261. The highest BCUT2D eigenvalue weighted by Crippen LogP contribution is 2.39. The van der Waals surface area contributed by atoms with E-state index in [-0.39, 0.29) is 6.10 Å². The SMILES string of the molecule is CCC[C@]1(C(=O)OCC)C[C@H](C)OC1=O. The van der Waals surface area contributed by atoms with Crippen molar-refractivity contribution in [3.05, 3.63) is 0 Å². The van der Waals surface area contributed by atoms with E-state index in [9.17, 15) is 9.59 Å². The molecule has 0 amide bonds. The van der Waals surface area contributed by atoms with Crippen LogP contribution in [0.3, 0.4) is 0 Å². The lowest BCUT2D eigenvalue weighted by molar-refractivity contribution is -0.165. The Hall–Kier alpha value is -1.06. The Morgan fingerprint density at radius 3 is 2.67 bits per heavy atom. The van der Waals surface area contributed by atoms with Crippen molar-refractivity contribution in [1.29, 1.82) is 0 Å². The molecule has 1 rings (SSSR count). The highest BCUT2D eigenvalue weighted by molar-refractivity contribution is 6.01. The topological polar surface area (TPSA) is 52.6 Å². The molecule has 0 radical (unpaired) electrons. The third-order valence-corrected chi connectivity index (χ3v) is 2.68. The molecule has 0 aromatic rings. The summed E-state index contributed by atoms with van der Waals surface area (Å²) in [5.41, 5.74) is -1.04. The van der Waals surface area contributed by atoms with E-state index in [1.54, 1.807) is 13.8 Å². The molecule has 86 valence electrons. The lowest BCUT2D eigenvalue weighted by atomic mass is 9.80. The van der Waals surface area contributed by atoms with Gasteiger partial charge in [-0.3, -0.25) is 9.59 Å². The maximum absolute atomic E-state index is 11.8. The number of hydrogen-bond acceptors (Lipinski definition) is 4. The molecule has 1 heterocycles. The monoisotopic (exact) mass is 214 g/mol. The molecule has 0 N–H and O–H groups in total. The Labute approximate surface area is 89.9 Å². The molecule has 0 unspecified atom stereocenters. The number of ether oxygens (including phenoxy) is 2. The van der Waals surface area contributed by atoms with Crippen LogP contribution >= 0.6 is 0 Å². The van der Waals surface area contributed by atoms with E-state index in [0.29, 0.717) is 19.4 Å². The van der Waals surface area contributed by atoms with E-state index in [1.165, 1.54) is 0 Å². The maximum Gasteiger partial charge on any atom is 0.323 e. The lowest BCUT2D eigenvalue weighted by Crippen LogP contribution is -2.37. The molecule has 1 saturated heterocycles. The van der Waals surface area contributed by atoms with E-state index >= 15 is 0 Å². The van der Waals surface area contributed by atoms with E-state index in [2.05, 4.69) is 0 Å². The quantitative estimate of drug-likeness (QED) is 0.527. The Kier molecular flexibility index (Phi) is 3.72. The summed E-state index contributed by atoms with van der Waals surface area (Å²) in [6.07, 6.45) is 1.53. The second kappa shape index (κ2) is 4.64. The Morgan fingerprint density at radius 1 is 1.60 bits per heavy atom. The molecule has 1 fully saturated rings. The summed E-state index contributed by atoms with van der Waals surface area (Å²) in [6, 6.07) is 0. The molecule has 0 spiro atoms. The molecule has 0 saturated carbocycles. The van der Waals surface area contributed by atoms with Crippen molar-refractivity contribution in [3.8, 4) is 0 Å². The molecule has 0 aliphatic carbocycles. The van der Waals surface area contributed by atoms with Crippen molar-refractivity contribution in [2.75, 3.05) is 6.61 Å². The number of rotatable bonds is 4. The average molecular weight is 214 g/mol. The first-order valence-corrected chi connectivity index (χ1v) is 5.45. The summed E-state index contributed by atoms with van der Waals surface area (Å²) in [5, 5.41) is 0. The molecule has 0 aromatic carbocycles. The van der Waals surface area contributed by atoms with Crippen molar-refractivity contribution in [3.63, 3.8) is 0 Å². The predicted octanol–water partition coefficient (Wildman–Crippen LogP) is 1.67. The summed E-state index contributed by atoms with van der Waals surface area (Å²) < 4.78 is 10.0. The van der Waals surface area contributed by atoms with Gasteiger partial charge in [-0.25, -0.2) is 0 Å². The van der Waals surface area contributed by atoms with Crippen LogP contribution in [0.15, 0.2) is 0 Å². The highest BCUT2D eigenvalue weighted by atomic mass is 16.6. The van der Waals surface area contributed by atoms with Gasteiger partial charge >= 0.3 is 11.9 Å². The fourth-order valence-electron chi connectivity index (χ4n) is 2.08. The van der Waals surface area contributed by atoms with Gasteiger partial charge in [-0.1, -0.05) is 13.3 Å². The van der Waals surface area contributed by atoms with E-state index in [0.717, 1.165) is 6.42 Å². The normalized spacial score (nSPS) is 30.1. The number of carbonyl (C=O) groups excluding carboxylic acids is 2. The van der Waals surface area contributed by atoms with Gasteiger partial charge in [0.25, 0.3) is 0 Å². The van der Waals surface area contributed by atoms with Gasteiger partial charge in [-0.15, -0.1) is 0 Å². The zero-order chi connectivity index (χ0) is 11.5. The largest absolute Gasteiger partial charge is 0.465 e. The van der Waals surface area contributed by atoms with Crippen LogP contribution < -0.4 is 0 Å². The first-order valence-electron chi connectivity index (χ1n) is 5.45. The first kappa shape index (κ1) is 12.0. The van der Waals surface area contributed by atoms with Crippen LogP contribution in [0.4, 0.5) is 0 Å². The van der Waals surface area contributed by atoms with Crippen LogP contribution in [0, 0.1) is 5.41 Å². The number of cyclic esters (lactones) is 1. The summed E-state index contributed by atoms with van der Waals surface area (Å²) >= 11 is 0. The van der Waals surface area contributed by atoms with Crippen LogP contribution in [0.25, 0.3) is 0 Å². The molecular formula is C11H18O4. The average Bonchev–Trinajstić information content (AvgIpc) is 2.43. The van der Waals surface area contributed by atoms with Crippen LogP contribution in [0.5, 0.6) is 0 Å². The van der Waals surface area contributed by atoms with Crippen molar-refractivity contribution >= 4 is 11.9 Å². The number of carbonyl (C=O) groups is 2. The standard InChI is InChI=1S/C11H18O4/c1-4-6-11(9(12)14-5-2)7-8(3)15-10(11)13/h8H,4-7H2,1-3H3/t8-,11+/m0/s1. The third-order valence-electron chi connectivity index (χ3n) is 2.68. The predicted molar refractivity (Wildman–Crippen MR) is 54.1 cm³/mol. The minimum atomic E-state index is -1.04. The van der Waals surface area contributed by atoms with E-state index in [1.807, 2.05) is 6.92 Å². The third kappa shape index (κ3) is 2.13. The van der Waals surface area contributed by atoms with E-state index < -0.39 is 17.4 Å². The van der Waals surface area contributed by atoms with Crippen molar-refractivity contribution in [2.24, 2.45) is 5.41 Å². The molecule has 15 heavy (non-hydrogen) atoms. The minimum absolute atomic E-state index is 0.187. The summed E-state index contributed by atoms with van der Waals surface area (Å²) in [5.74, 6) is -0.850.